The Kier molecular flexibility index (Phi) is 6.38. The minimum absolute atomic E-state index is 0.120. The van der Waals surface area contributed by atoms with Gasteiger partial charge in [-0.05, 0) is 30.7 Å². The minimum atomic E-state index is -0.332. The average Bonchev–Trinajstić information content (AvgIpc) is 2.74. The van der Waals surface area contributed by atoms with Crippen molar-refractivity contribution in [2.45, 2.75) is 52.7 Å². The number of ether oxygens (including phenoxy) is 1. The summed E-state index contributed by atoms with van der Waals surface area (Å²) in [7, 11) is 0. The van der Waals surface area contributed by atoms with Crippen LogP contribution in [0.25, 0.3) is 4.85 Å². The van der Waals surface area contributed by atoms with Crippen LogP contribution in [0.2, 0.25) is 5.02 Å². The summed E-state index contributed by atoms with van der Waals surface area (Å²) in [5, 5.41) is 3.50. The molecule has 0 atom stereocenters. The van der Waals surface area contributed by atoms with Crippen LogP contribution in [0.5, 0.6) is 5.75 Å². The van der Waals surface area contributed by atoms with E-state index in [0.717, 1.165) is 12.0 Å². The predicted octanol–water partition coefficient (Wildman–Crippen LogP) is 5.03. The Morgan fingerprint density at radius 3 is 2.52 bits per heavy atom. The zero-order valence-corrected chi connectivity index (χ0v) is 18.9. The summed E-state index contributed by atoms with van der Waals surface area (Å²) in [4.78, 5) is 31.0. The molecule has 1 aliphatic rings. The fraction of sp³-hybridized carbons (Fsp3) is 0.417. The van der Waals surface area contributed by atoms with E-state index < -0.39 is 0 Å². The summed E-state index contributed by atoms with van der Waals surface area (Å²) >= 11 is 6.15. The molecule has 162 valence electrons. The zero-order valence-electron chi connectivity index (χ0n) is 18.1. The van der Waals surface area contributed by atoms with Crippen LogP contribution in [0.4, 0.5) is 5.69 Å². The van der Waals surface area contributed by atoms with Crippen LogP contribution >= 0.6 is 11.6 Å². The Morgan fingerprint density at radius 1 is 1.26 bits per heavy atom. The second-order valence-electron chi connectivity index (χ2n) is 9.02. The number of benzene rings is 1. The minimum Gasteiger partial charge on any atom is -0.489 e. The molecule has 1 aliphatic carbocycles. The Balaban J connectivity index is 1.70. The molecule has 1 fully saturated rings. The summed E-state index contributed by atoms with van der Waals surface area (Å²) in [5.41, 5.74) is 0.983. The molecule has 0 unspecified atom stereocenters. The molecular formula is C24H26ClN3O3. The van der Waals surface area contributed by atoms with Crippen molar-refractivity contribution in [3.05, 3.63) is 64.2 Å². The highest BCUT2D eigenvalue weighted by Gasteiger charge is 2.64. The molecule has 1 saturated carbocycles. The number of pyridine rings is 1. The first-order valence-electron chi connectivity index (χ1n) is 10.1. The van der Waals surface area contributed by atoms with Gasteiger partial charge in [0.25, 0.3) is 5.91 Å². The maximum absolute atomic E-state index is 12.8. The van der Waals surface area contributed by atoms with Crippen molar-refractivity contribution in [2.75, 3.05) is 0 Å². The van der Waals surface area contributed by atoms with E-state index in [0.29, 0.717) is 34.9 Å². The Labute approximate surface area is 187 Å². The molecule has 1 heterocycles. The number of aldehydes is 1. The average molecular weight is 440 g/mol. The summed E-state index contributed by atoms with van der Waals surface area (Å²) < 4.78 is 6.25. The highest BCUT2D eigenvalue weighted by atomic mass is 35.5. The molecule has 1 N–H and O–H groups in total. The largest absolute Gasteiger partial charge is 0.489 e. The van der Waals surface area contributed by atoms with Crippen LogP contribution in [0, 0.1) is 17.4 Å². The monoisotopic (exact) mass is 439 g/mol. The number of aromatic nitrogens is 1. The van der Waals surface area contributed by atoms with Crippen molar-refractivity contribution in [2.24, 2.45) is 10.8 Å². The van der Waals surface area contributed by atoms with E-state index in [-0.39, 0.29) is 28.9 Å². The number of nitrogens with zero attached hydrogens (tertiary/aromatic N) is 2. The molecule has 2 aromatic rings. The van der Waals surface area contributed by atoms with Crippen molar-refractivity contribution in [1.82, 2.24) is 10.3 Å². The first-order valence-corrected chi connectivity index (χ1v) is 10.5. The second-order valence-corrected chi connectivity index (χ2v) is 9.42. The number of hydrogen-bond acceptors (Lipinski definition) is 4. The van der Waals surface area contributed by atoms with Crippen LogP contribution in [-0.2, 0) is 11.2 Å². The van der Waals surface area contributed by atoms with Gasteiger partial charge in [0.15, 0.2) is 0 Å². The van der Waals surface area contributed by atoms with Crippen LogP contribution in [0.1, 0.15) is 50.2 Å². The normalized spacial score (nSPS) is 20.8. The van der Waals surface area contributed by atoms with E-state index in [1.54, 1.807) is 36.5 Å². The number of aryl methyl sites for hydroxylation is 1. The van der Waals surface area contributed by atoms with E-state index >= 15 is 0 Å². The number of carbonyl (C=O) groups excluding carboxylic acids is 2. The van der Waals surface area contributed by atoms with Crippen molar-refractivity contribution in [3.63, 3.8) is 0 Å². The number of amides is 1. The van der Waals surface area contributed by atoms with Gasteiger partial charge < -0.3 is 14.8 Å². The van der Waals surface area contributed by atoms with Gasteiger partial charge in [-0.1, -0.05) is 45.4 Å². The molecule has 0 spiro atoms. The van der Waals surface area contributed by atoms with E-state index in [2.05, 4.69) is 42.8 Å². The number of halogens is 1. The summed E-state index contributed by atoms with van der Waals surface area (Å²) in [6.07, 6.45) is 3.21. The number of carbonyl (C=O) groups is 2. The highest BCUT2D eigenvalue weighted by Crippen LogP contribution is 2.55. The smallest absolute Gasteiger partial charge is 0.253 e. The van der Waals surface area contributed by atoms with Crippen LogP contribution in [0.3, 0.4) is 0 Å². The van der Waals surface area contributed by atoms with Gasteiger partial charge in [-0.25, -0.2) is 4.85 Å². The predicted molar refractivity (Wildman–Crippen MR) is 120 cm³/mol. The number of hydrogen-bond donors (Lipinski definition) is 1. The lowest BCUT2D eigenvalue weighted by molar-refractivity contribution is -0.164. The van der Waals surface area contributed by atoms with Crippen LogP contribution in [0.15, 0.2) is 36.5 Å². The van der Waals surface area contributed by atoms with Crippen LogP contribution < -0.4 is 10.1 Å². The molecule has 0 bridgehead atoms. The van der Waals surface area contributed by atoms with E-state index in [1.807, 2.05) is 0 Å². The second kappa shape index (κ2) is 8.68. The molecule has 1 aromatic carbocycles. The third-order valence-corrected chi connectivity index (χ3v) is 6.32. The topological polar surface area (TPSA) is 72.7 Å². The fourth-order valence-corrected chi connectivity index (χ4v) is 4.93. The SMILES string of the molecule is [C-]#[N+]c1ccc(OC2C(C)(C)C(NC(=O)c3ccc(CCC=O)nc3)C2(C)C)cc1Cl. The van der Waals surface area contributed by atoms with Crippen molar-refractivity contribution < 1.29 is 14.3 Å². The number of rotatable bonds is 7. The molecule has 0 radical (unpaired) electrons. The molecule has 6 nitrogen and oxygen atoms in total. The Hall–Kier alpha value is -2.91. The summed E-state index contributed by atoms with van der Waals surface area (Å²) in [5.74, 6) is 0.409. The molecule has 3 rings (SSSR count). The van der Waals surface area contributed by atoms with E-state index in [1.165, 1.54) is 0 Å². The lowest BCUT2D eigenvalue weighted by atomic mass is 9.49. The maximum Gasteiger partial charge on any atom is 0.253 e. The summed E-state index contributed by atoms with van der Waals surface area (Å²) in [6.45, 7) is 15.4. The molecule has 31 heavy (non-hydrogen) atoms. The third-order valence-electron chi connectivity index (χ3n) is 6.01. The van der Waals surface area contributed by atoms with Gasteiger partial charge in [0.2, 0.25) is 5.69 Å². The number of nitrogens with one attached hydrogen (secondary N) is 1. The highest BCUT2D eigenvalue weighted by molar-refractivity contribution is 6.33. The molecule has 1 amide bonds. The van der Waals surface area contributed by atoms with Gasteiger partial charge in [-0.2, -0.15) is 0 Å². The Bertz CT molecular complexity index is 1010. The van der Waals surface area contributed by atoms with Gasteiger partial charge in [-0.3, -0.25) is 9.78 Å². The lowest BCUT2D eigenvalue weighted by Gasteiger charge is -2.63. The molecule has 0 saturated heterocycles. The van der Waals surface area contributed by atoms with Gasteiger partial charge in [-0.15, -0.1) is 0 Å². The van der Waals surface area contributed by atoms with Gasteiger partial charge in [0, 0.05) is 35.2 Å². The van der Waals surface area contributed by atoms with Crippen molar-refractivity contribution >= 4 is 29.5 Å². The van der Waals surface area contributed by atoms with E-state index in [9.17, 15) is 9.59 Å². The van der Waals surface area contributed by atoms with Crippen molar-refractivity contribution in [1.29, 1.82) is 0 Å². The molecule has 7 heteroatoms. The van der Waals surface area contributed by atoms with Gasteiger partial charge in [0.05, 0.1) is 17.2 Å². The fourth-order valence-electron chi connectivity index (χ4n) is 4.72. The van der Waals surface area contributed by atoms with Gasteiger partial charge in [0.1, 0.15) is 18.1 Å². The van der Waals surface area contributed by atoms with Crippen LogP contribution in [-0.4, -0.2) is 29.3 Å². The van der Waals surface area contributed by atoms with E-state index in [4.69, 9.17) is 22.9 Å². The molecule has 0 aliphatic heterocycles. The molecule has 1 aromatic heterocycles. The first kappa shape index (κ1) is 22.8. The third kappa shape index (κ3) is 4.42. The lowest BCUT2D eigenvalue weighted by Crippen LogP contribution is -2.74. The Morgan fingerprint density at radius 2 is 1.97 bits per heavy atom. The zero-order chi connectivity index (χ0) is 22.8. The summed E-state index contributed by atoms with van der Waals surface area (Å²) in [6, 6.07) is 8.44. The quantitative estimate of drug-likeness (QED) is 0.485. The maximum atomic E-state index is 12.8. The molecular weight excluding hydrogens is 414 g/mol. The standard InChI is InChI=1S/C24H26ClN3O3/c1-23(2)21(28-20(30)15-8-9-16(27-14-15)7-6-12-29)24(3,4)22(23)31-17-10-11-19(26-5)18(25)13-17/h8-14,21-22H,6-7H2,1-4H3,(H,28,30). The van der Waals surface area contributed by atoms with Crippen molar-refractivity contribution in [3.8, 4) is 5.75 Å². The van der Waals surface area contributed by atoms with Gasteiger partial charge >= 0.3 is 0 Å². The first-order chi connectivity index (χ1) is 14.6.